The molecule has 2 heterocycles. The van der Waals surface area contributed by atoms with Gasteiger partial charge >= 0.3 is 0 Å². The molecular weight excluding hydrogens is 320 g/mol. The van der Waals surface area contributed by atoms with Crippen LogP contribution in [0.4, 0.5) is 5.69 Å². The van der Waals surface area contributed by atoms with Crippen LogP contribution in [0.1, 0.15) is 31.2 Å². The van der Waals surface area contributed by atoms with E-state index in [2.05, 4.69) is 34.5 Å². The zero-order valence-electron chi connectivity index (χ0n) is 14.7. The maximum absolute atomic E-state index is 12.3. The number of amides is 1. The number of anilines is 1. The summed E-state index contributed by atoms with van der Waals surface area (Å²) in [6.07, 6.45) is 4.38. The third kappa shape index (κ3) is 4.45. The fourth-order valence-corrected chi connectivity index (χ4v) is 4.94. The highest BCUT2D eigenvalue weighted by molar-refractivity contribution is 7.99. The van der Waals surface area contributed by atoms with Crippen LogP contribution in [-0.4, -0.2) is 49.8 Å². The Hall–Kier alpha value is -1.20. The standard InChI is InChI=1S/C19H28N2O2S/c1-21(2)17-5-3-4-15(12-17)6-7-18(22)20-16-8-10-23-19(13-16)9-11-24-14-19/h3-5,12,16H,6-11,13-14H2,1-2H3,(H,20,22). The van der Waals surface area contributed by atoms with Crippen molar-refractivity contribution in [3.8, 4) is 0 Å². The summed E-state index contributed by atoms with van der Waals surface area (Å²) in [6.45, 7) is 0.774. The average Bonchev–Trinajstić information content (AvgIpc) is 3.01. The molecule has 5 heteroatoms. The molecule has 1 spiro atoms. The molecule has 3 rings (SSSR count). The largest absolute Gasteiger partial charge is 0.378 e. The van der Waals surface area contributed by atoms with E-state index in [9.17, 15) is 4.79 Å². The Morgan fingerprint density at radius 3 is 3.08 bits per heavy atom. The first kappa shape index (κ1) is 17.6. The summed E-state index contributed by atoms with van der Waals surface area (Å²) in [4.78, 5) is 14.4. The molecular formula is C19H28N2O2S. The number of carbonyl (C=O) groups excluding carboxylic acids is 1. The minimum absolute atomic E-state index is 0.0287. The van der Waals surface area contributed by atoms with Crippen LogP contribution in [0, 0.1) is 0 Å². The SMILES string of the molecule is CN(C)c1cccc(CCC(=O)NC2CCOC3(CCSC3)C2)c1. The molecule has 0 bridgehead atoms. The minimum atomic E-state index is 0.0287. The molecule has 2 aliphatic heterocycles. The Bertz CT molecular complexity index is 570. The second kappa shape index (κ2) is 7.79. The van der Waals surface area contributed by atoms with E-state index in [1.54, 1.807) is 0 Å². The van der Waals surface area contributed by atoms with Crippen LogP contribution in [0.15, 0.2) is 24.3 Å². The van der Waals surface area contributed by atoms with E-state index in [0.717, 1.165) is 38.0 Å². The lowest BCUT2D eigenvalue weighted by Gasteiger charge is -2.38. The predicted molar refractivity (Wildman–Crippen MR) is 101 cm³/mol. The summed E-state index contributed by atoms with van der Waals surface area (Å²) in [5.41, 5.74) is 2.42. The fraction of sp³-hybridized carbons (Fsp3) is 0.632. The van der Waals surface area contributed by atoms with Gasteiger partial charge in [0.1, 0.15) is 0 Å². The van der Waals surface area contributed by atoms with Crippen LogP contribution in [0.5, 0.6) is 0 Å². The molecule has 0 radical (unpaired) electrons. The maximum Gasteiger partial charge on any atom is 0.220 e. The molecule has 1 N–H and O–H groups in total. The summed E-state index contributed by atoms with van der Waals surface area (Å²) >= 11 is 1.97. The van der Waals surface area contributed by atoms with Crippen LogP contribution in [-0.2, 0) is 16.0 Å². The van der Waals surface area contributed by atoms with Gasteiger partial charge in [0.05, 0.1) is 5.60 Å². The average molecular weight is 349 g/mol. The van der Waals surface area contributed by atoms with Crippen LogP contribution < -0.4 is 10.2 Å². The first-order valence-corrected chi connectivity index (χ1v) is 9.99. The van der Waals surface area contributed by atoms with E-state index >= 15 is 0 Å². The van der Waals surface area contributed by atoms with Gasteiger partial charge in [0, 0.05) is 44.6 Å². The number of nitrogens with zero attached hydrogens (tertiary/aromatic N) is 1. The van der Waals surface area contributed by atoms with Gasteiger partial charge in [0.15, 0.2) is 0 Å². The third-order valence-electron chi connectivity index (χ3n) is 4.99. The Kier molecular flexibility index (Phi) is 5.72. The van der Waals surface area contributed by atoms with Gasteiger partial charge in [-0.2, -0.15) is 11.8 Å². The lowest BCUT2D eigenvalue weighted by atomic mass is 9.90. The highest BCUT2D eigenvalue weighted by atomic mass is 32.2. The maximum atomic E-state index is 12.3. The third-order valence-corrected chi connectivity index (χ3v) is 6.22. The van der Waals surface area contributed by atoms with Gasteiger partial charge in [0.25, 0.3) is 0 Å². The molecule has 2 saturated heterocycles. The molecule has 132 valence electrons. The minimum Gasteiger partial charge on any atom is -0.378 e. The summed E-state index contributed by atoms with van der Waals surface area (Å²) in [5, 5.41) is 3.24. The zero-order chi connectivity index (χ0) is 17.0. The zero-order valence-corrected chi connectivity index (χ0v) is 15.5. The molecule has 1 aromatic carbocycles. The fourth-order valence-electron chi connectivity index (χ4n) is 3.56. The van der Waals surface area contributed by atoms with Crippen molar-refractivity contribution in [2.45, 2.75) is 43.7 Å². The second-order valence-electron chi connectivity index (χ2n) is 7.16. The second-order valence-corrected chi connectivity index (χ2v) is 8.26. The highest BCUT2D eigenvalue weighted by Gasteiger charge is 2.40. The van der Waals surface area contributed by atoms with Crippen molar-refractivity contribution >= 4 is 23.4 Å². The van der Waals surface area contributed by atoms with Crippen LogP contribution in [0.2, 0.25) is 0 Å². The Morgan fingerprint density at radius 2 is 2.33 bits per heavy atom. The number of benzene rings is 1. The molecule has 0 aromatic heterocycles. The smallest absolute Gasteiger partial charge is 0.220 e. The van der Waals surface area contributed by atoms with Crippen molar-refractivity contribution in [3.63, 3.8) is 0 Å². The van der Waals surface area contributed by atoms with E-state index in [0.29, 0.717) is 6.42 Å². The summed E-state index contributed by atoms with van der Waals surface area (Å²) in [5.74, 6) is 2.43. The molecule has 2 unspecified atom stereocenters. The van der Waals surface area contributed by atoms with E-state index < -0.39 is 0 Å². The number of thioether (sulfide) groups is 1. The van der Waals surface area contributed by atoms with Crippen LogP contribution >= 0.6 is 11.8 Å². The summed E-state index contributed by atoms with van der Waals surface area (Å²) in [7, 11) is 4.07. The highest BCUT2D eigenvalue weighted by Crippen LogP contribution is 2.38. The van der Waals surface area contributed by atoms with Crippen molar-refractivity contribution in [1.82, 2.24) is 5.32 Å². The van der Waals surface area contributed by atoms with Crippen molar-refractivity contribution in [2.24, 2.45) is 0 Å². The van der Waals surface area contributed by atoms with Crippen molar-refractivity contribution in [1.29, 1.82) is 0 Å². The van der Waals surface area contributed by atoms with Gasteiger partial charge in [0.2, 0.25) is 5.91 Å². The molecule has 0 aliphatic carbocycles. The summed E-state index contributed by atoms with van der Waals surface area (Å²) in [6, 6.07) is 8.68. The Balaban J connectivity index is 1.48. The van der Waals surface area contributed by atoms with Gasteiger partial charge < -0.3 is 15.0 Å². The number of rotatable bonds is 5. The monoisotopic (exact) mass is 348 g/mol. The van der Waals surface area contributed by atoms with Crippen LogP contribution in [0.25, 0.3) is 0 Å². The molecule has 1 aromatic rings. The number of carbonyl (C=O) groups is 1. The number of hydrogen-bond acceptors (Lipinski definition) is 4. The topological polar surface area (TPSA) is 41.6 Å². The lowest BCUT2D eigenvalue weighted by molar-refractivity contribution is -0.124. The lowest BCUT2D eigenvalue weighted by Crippen LogP contribution is -2.48. The van der Waals surface area contributed by atoms with Crippen molar-refractivity contribution < 1.29 is 9.53 Å². The van der Waals surface area contributed by atoms with Crippen LogP contribution in [0.3, 0.4) is 0 Å². The van der Waals surface area contributed by atoms with Gasteiger partial charge in [-0.1, -0.05) is 12.1 Å². The normalized spacial score (nSPS) is 26.5. The number of ether oxygens (including phenoxy) is 1. The van der Waals surface area contributed by atoms with E-state index in [1.807, 2.05) is 25.9 Å². The molecule has 1 amide bonds. The molecule has 4 nitrogen and oxygen atoms in total. The van der Waals surface area contributed by atoms with E-state index in [1.165, 1.54) is 17.0 Å². The van der Waals surface area contributed by atoms with Gasteiger partial charge in [-0.3, -0.25) is 4.79 Å². The molecule has 2 atom stereocenters. The quantitative estimate of drug-likeness (QED) is 0.888. The predicted octanol–water partition coefficient (Wildman–Crippen LogP) is 2.86. The van der Waals surface area contributed by atoms with Crippen molar-refractivity contribution in [2.75, 3.05) is 37.1 Å². The van der Waals surface area contributed by atoms with E-state index in [-0.39, 0.29) is 17.6 Å². The van der Waals surface area contributed by atoms with Crippen molar-refractivity contribution in [3.05, 3.63) is 29.8 Å². The first-order chi connectivity index (χ1) is 11.6. The Morgan fingerprint density at radius 1 is 1.46 bits per heavy atom. The number of hydrogen-bond donors (Lipinski definition) is 1. The van der Waals surface area contributed by atoms with E-state index in [4.69, 9.17) is 4.74 Å². The first-order valence-electron chi connectivity index (χ1n) is 8.84. The number of nitrogens with one attached hydrogen (secondary N) is 1. The van der Waals surface area contributed by atoms with Gasteiger partial charge in [-0.15, -0.1) is 0 Å². The molecule has 2 fully saturated rings. The number of aryl methyl sites for hydroxylation is 1. The summed E-state index contributed by atoms with van der Waals surface area (Å²) < 4.78 is 6.03. The van der Waals surface area contributed by atoms with Gasteiger partial charge in [-0.25, -0.2) is 0 Å². The Labute approximate surface area is 149 Å². The molecule has 0 saturated carbocycles. The molecule has 2 aliphatic rings. The molecule has 24 heavy (non-hydrogen) atoms. The van der Waals surface area contributed by atoms with Gasteiger partial charge in [-0.05, 0) is 49.1 Å².